The minimum absolute atomic E-state index is 0.0136. The van der Waals surface area contributed by atoms with Crippen molar-refractivity contribution in [1.29, 1.82) is 0 Å². The Kier molecular flexibility index (Phi) is 4.07. The van der Waals surface area contributed by atoms with Crippen molar-refractivity contribution in [3.8, 4) is 0 Å². The third-order valence-electron chi connectivity index (χ3n) is 2.83. The first-order valence-electron chi connectivity index (χ1n) is 4.77. The zero-order valence-corrected chi connectivity index (χ0v) is 9.14. The number of ether oxygens (including phenoxy) is 1. The molecule has 4 nitrogen and oxygen atoms in total. The molecule has 14 heavy (non-hydrogen) atoms. The van der Waals surface area contributed by atoms with E-state index in [-0.39, 0.29) is 11.7 Å². The Morgan fingerprint density at radius 2 is 2.00 bits per heavy atom. The maximum absolute atomic E-state index is 11.6. The molecule has 0 bridgehead atoms. The molecule has 1 fully saturated rings. The lowest BCUT2D eigenvalue weighted by molar-refractivity contribution is -0.153. The fourth-order valence-corrected chi connectivity index (χ4v) is 2.97. The number of hydrogen-bond acceptors (Lipinski definition) is 3. The fourth-order valence-electron chi connectivity index (χ4n) is 2.09. The summed E-state index contributed by atoms with van der Waals surface area (Å²) in [5.41, 5.74) is -0.702. The molecule has 1 atom stereocenters. The molecule has 0 heterocycles. The zero-order chi connectivity index (χ0) is 10.6. The summed E-state index contributed by atoms with van der Waals surface area (Å²) in [6.07, 6.45) is 4.31. The van der Waals surface area contributed by atoms with Crippen LogP contribution in [0.15, 0.2) is 0 Å². The Morgan fingerprint density at radius 1 is 1.43 bits per heavy atom. The van der Waals surface area contributed by atoms with Gasteiger partial charge in [0.2, 0.25) is 0 Å². The van der Waals surface area contributed by atoms with E-state index in [1.165, 1.54) is 7.11 Å². The van der Waals surface area contributed by atoms with Gasteiger partial charge in [-0.15, -0.1) is 0 Å². The molecule has 0 spiro atoms. The SMILES string of the molecule is COC(=O)C1(CS(=O)O)CCCCC1. The normalized spacial score (nSPS) is 22.7. The van der Waals surface area contributed by atoms with E-state index in [2.05, 4.69) is 0 Å². The molecule has 0 aliphatic heterocycles. The Balaban J connectivity index is 2.76. The largest absolute Gasteiger partial charge is 0.469 e. The standard InChI is InChI=1S/C9H16O4S/c1-13-8(10)9(7-14(11)12)5-3-2-4-6-9/h2-7H2,1H3,(H,11,12). The molecule has 82 valence electrons. The molecule has 1 aliphatic rings. The van der Waals surface area contributed by atoms with Crippen molar-refractivity contribution in [2.24, 2.45) is 5.41 Å². The molecular formula is C9H16O4S. The van der Waals surface area contributed by atoms with Gasteiger partial charge in [-0.05, 0) is 12.8 Å². The van der Waals surface area contributed by atoms with Gasteiger partial charge >= 0.3 is 5.97 Å². The van der Waals surface area contributed by atoms with Crippen LogP contribution in [0.3, 0.4) is 0 Å². The van der Waals surface area contributed by atoms with Crippen LogP contribution in [0.4, 0.5) is 0 Å². The number of carbonyl (C=O) groups is 1. The smallest absolute Gasteiger partial charge is 0.312 e. The first kappa shape index (κ1) is 11.7. The van der Waals surface area contributed by atoms with Crippen molar-refractivity contribution < 1.29 is 18.3 Å². The number of hydrogen-bond donors (Lipinski definition) is 1. The highest BCUT2D eigenvalue weighted by atomic mass is 32.2. The topological polar surface area (TPSA) is 63.6 Å². The lowest BCUT2D eigenvalue weighted by Gasteiger charge is -2.32. The van der Waals surface area contributed by atoms with Gasteiger partial charge in [0.25, 0.3) is 0 Å². The van der Waals surface area contributed by atoms with E-state index in [4.69, 9.17) is 9.29 Å². The number of rotatable bonds is 3. The average molecular weight is 220 g/mol. The van der Waals surface area contributed by atoms with E-state index in [0.717, 1.165) is 19.3 Å². The fraction of sp³-hybridized carbons (Fsp3) is 0.889. The summed E-state index contributed by atoms with van der Waals surface area (Å²) in [5, 5.41) is 0. The quantitative estimate of drug-likeness (QED) is 0.575. The van der Waals surface area contributed by atoms with Crippen LogP contribution in [0.1, 0.15) is 32.1 Å². The van der Waals surface area contributed by atoms with Crippen LogP contribution >= 0.6 is 0 Å². The molecule has 0 aromatic heterocycles. The van der Waals surface area contributed by atoms with Gasteiger partial charge in [-0.3, -0.25) is 4.79 Å². The van der Waals surface area contributed by atoms with Gasteiger partial charge in [0, 0.05) is 0 Å². The van der Waals surface area contributed by atoms with Gasteiger partial charge in [-0.1, -0.05) is 19.3 Å². The molecule has 1 N–H and O–H groups in total. The molecule has 1 saturated carbocycles. The molecular weight excluding hydrogens is 204 g/mol. The lowest BCUT2D eigenvalue weighted by Crippen LogP contribution is -2.39. The van der Waals surface area contributed by atoms with Crippen LogP contribution in [-0.2, 0) is 20.6 Å². The second-order valence-corrected chi connectivity index (χ2v) is 4.73. The average Bonchev–Trinajstić information content (AvgIpc) is 2.17. The highest BCUT2D eigenvalue weighted by Crippen LogP contribution is 2.37. The Morgan fingerprint density at radius 3 is 2.43 bits per heavy atom. The predicted molar refractivity (Wildman–Crippen MR) is 53.2 cm³/mol. The highest BCUT2D eigenvalue weighted by Gasteiger charge is 2.41. The van der Waals surface area contributed by atoms with E-state index >= 15 is 0 Å². The predicted octanol–water partition coefficient (Wildman–Crippen LogP) is 1.33. The van der Waals surface area contributed by atoms with Crippen molar-refractivity contribution in [2.75, 3.05) is 12.9 Å². The van der Waals surface area contributed by atoms with Crippen LogP contribution in [0, 0.1) is 5.41 Å². The van der Waals surface area contributed by atoms with Gasteiger partial charge in [0.15, 0.2) is 11.1 Å². The summed E-state index contributed by atoms with van der Waals surface area (Å²) in [5.74, 6) is -0.320. The molecule has 0 aromatic carbocycles. The minimum Gasteiger partial charge on any atom is -0.469 e. The first-order chi connectivity index (χ1) is 6.60. The molecule has 0 radical (unpaired) electrons. The molecule has 0 aromatic rings. The van der Waals surface area contributed by atoms with Crippen molar-refractivity contribution in [3.05, 3.63) is 0 Å². The Labute approximate surface area is 86.3 Å². The molecule has 5 heteroatoms. The van der Waals surface area contributed by atoms with E-state index in [9.17, 15) is 9.00 Å². The Hall–Kier alpha value is -0.420. The zero-order valence-electron chi connectivity index (χ0n) is 8.32. The lowest BCUT2D eigenvalue weighted by atomic mass is 9.75. The number of methoxy groups -OCH3 is 1. The summed E-state index contributed by atoms with van der Waals surface area (Å²) in [7, 11) is 1.33. The number of esters is 1. The van der Waals surface area contributed by atoms with Gasteiger partial charge in [0.05, 0.1) is 18.3 Å². The summed E-state index contributed by atoms with van der Waals surface area (Å²) >= 11 is -1.93. The highest BCUT2D eigenvalue weighted by molar-refractivity contribution is 7.79. The van der Waals surface area contributed by atoms with Gasteiger partial charge in [-0.25, -0.2) is 4.21 Å². The van der Waals surface area contributed by atoms with Crippen LogP contribution in [0.5, 0.6) is 0 Å². The third-order valence-corrected chi connectivity index (χ3v) is 3.63. The van der Waals surface area contributed by atoms with Gasteiger partial charge in [-0.2, -0.15) is 0 Å². The first-order valence-corrected chi connectivity index (χ1v) is 6.04. The summed E-state index contributed by atoms with van der Waals surface area (Å²) in [6, 6.07) is 0. The molecule has 1 rings (SSSR count). The van der Waals surface area contributed by atoms with Crippen molar-refractivity contribution in [3.63, 3.8) is 0 Å². The maximum atomic E-state index is 11.6. The van der Waals surface area contributed by atoms with Crippen LogP contribution in [-0.4, -0.2) is 27.6 Å². The molecule has 1 aliphatic carbocycles. The van der Waals surface area contributed by atoms with Crippen molar-refractivity contribution >= 4 is 17.0 Å². The van der Waals surface area contributed by atoms with Crippen molar-refractivity contribution in [1.82, 2.24) is 0 Å². The summed E-state index contributed by atoms with van der Waals surface area (Å²) < 4.78 is 24.4. The van der Waals surface area contributed by atoms with Crippen LogP contribution in [0.2, 0.25) is 0 Å². The molecule has 1 unspecified atom stereocenters. The second-order valence-electron chi connectivity index (χ2n) is 3.80. The van der Waals surface area contributed by atoms with E-state index in [1.54, 1.807) is 0 Å². The third kappa shape index (κ3) is 2.54. The summed E-state index contributed by atoms with van der Waals surface area (Å²) in [6.45, 7) is 0. The van der Waals surface area contributed by atoms with E-state index in [1.807, 2.05) is 0 Å². The maximum Gasteiger partial charge on any atom is 0.312 e. The van der Waals surface area contributed by atoms with E-state index in [0.29, 0.717) is 12.8 Å². The molecule has 0 amide bonds. The van der Waals surface area contributed by atoms with Crippen LogP contribution in [0.25, 0.3) is 0 Å². The second kappa shape index (κ2) is 4.89. The molecule has 0 saturated heterocycles. The van der Waals surface area contributed by atoms with Gasteiger partial charge in [0.1, 0.15) is 0 Å². The minimum atomic E-state index is -1.93. The Bertz CT molecular complexity index is 233. The number of carbonyl (C=O) groups excluding carboxylic acids is 1. The monoisotopic (exact) mass is 220 g/mol. The van der Waals surface area contributed by atoms with E-state index < -0.39 is 16.5 Å². The van der Waals surface area contributed by atoms with Crippen LogP contribution < -0.4 is 0 Å². The van der Waals surface area contributed by atoms with Crippen molar-refractivity contribution in [2.45, 2.75) is 32.1 Å². The summed E-state index contributed by atoms with van der Waals surface area (Å²) in [4.78, 5) is 11.6. The van der Waals surface area contributed by atoms with Gasteiger partial charge < -0.3 is 9.29 Å².